The van der Waals surface area contributed by atoms with Gasteiger partial charge in [-0.05, 0) is 48.4 Å². The lowest BCUT2D eigenvalue weighted by molar-refractivity contribution is 0.624. The number of rotatable bonds is 11. The molecule has 0 spiro atoms. The van der Waals surface area contributed by atoms with Crippen LogP contribution in [0.15, 0.2) is 54.9 Å². The van der Waals surface area contributed by atoms with E-state index in [0.29, 0.717) is 11.4 Å². The highest BCUT2D eigenvalue weighted by molar-refractivity contribution is 5.68. The first-order valence-corrected chi connectivity index (χ1v) is 11.4. The number of hydrogen-bond donors (Lipinski definition) is 0. The Morgan fingerprint density at radius 1 is 0.667 bits per heavy atom. The molecule has 2 nitrogen and oxygen atoms in total. The van der Waals surface area contributed by atoms with Gasteiger partial charge in [0.1, 0.15) is 5.82 Å². The van der Waals surface area contributed by atoms with Crippen molar-refractivity contribution >= 4 is 0 Å². The van der Waals surface area contributed by atoms with Crippen molar-refractivity contribution in [3.63, 3.8) is 0 Å². The Morgan fingerprint density at radius 3 is 1.93 bits per heavy atom. The summed E-state index contributed by atoms with van der Waals surface area (Å²) in [5, 5.41) is 0. The lowest BCUT2D eigenvalue weighted by Gasteiger charge is -2.08. The van der Waals surface area contributed by atoms with Crippen LogP contribution in [0.1, 0.15) is 69.9 Å². The summed E-state index contributed by atoms with van der Waals surface area (Å²) in [4.78, 5) is 9.03. The lowest BCUT2D eigenvalue weighted by Crippen LogP contribution is -1.94. The molecule has 2 aromatic carbocycles. The van der Waals surface area contributed by atoms with Crippen molar-refractivity contribution in [3.05, 3.63) is 71.8 Å². The highest BCUT2D eigenvalue weighted by atomic mass is 19.1. The first-order chi connectivity index (χ1) is 14.7. The molecule has 3 heteroatoms. The maximum Gasteiger partial charge on any atom is 0.159 e. The van der Waals surface area contributed by atoms with Crippen LogP contribution in [0.4, 0.5) is 4.39 Å². The van der Waals surface area contributed by atoms with Gasteiger partial charge in [0.05, 0.1) is 0 Å². The molecule has 158 valence electrons. The van der Waals surface area contributed by atoms with Gasteiger partial charge in [-0.15, -0.1) is 0 Å². The molecule has 0 saturated heterocycles. The molecule has 0 atom stereocenters. The number of halogens is 1. The van der Waals surface area contributed by atoms with Crippen molar-refractivity contribution in [2.24, 2.45) is 0 Å². The van der Waals surface area contributed by atoms with Crippen LogP contribution in [0.5, 0.6) is 0 Å². The Morgan fingerprint density at radius 2 is 1.27 bits per heavy atom. The minimum Gasteiger partial charge on any atom is -0.236 e. The summed E-state index contributed by atoms with van der Waals surface area (Å²) < 4.78 is 14.7. The minimum absolute atomic E-state index is 0.150. The number of hydrogen-bond acceptors (Lipinski definition) is 2. The van der Waals surface area contributed by atoms with Crippen LogP contribution >= 0.6 is 0 Å². The molecule has 0 aliphatic heterocycles. The van der Waals surface area contributed by atoms with E-state index in [4.69, 9.17) is 0 Å². The fourth-order valence-electron chi connectivity index (χ4n) is 3.72. The predicted octanol–water partition coefficient (Wildman–Crippen LogP) is 7.81. The average molecular weight is 405 g/mol. The Balaban J connectivity index is 1.65. The first-order valence-electron chi connectivity index (χ1n) is 11.4. The summed E-state index contributed by atoms with van der Waals surface area (Å²) in [7, 11) is 0. The van der Waals surface area contributed by atoms with Crippen LogP contribution in [0, 0.1) is 5.82 Å². The molecular formula is C27H33FN2. The van der Waals surface area contributed by atoms with Gasteiger partial charge in [-0.2, -0.15) is 0 Å². The standard InChI is InChI=1S/C27H33FN2/c1-3-5-7-9-10-21-12-17-25(26(28)18-21)23-13-15-24(16-14-23)27-29-19-22(20-30-27)11-8-6-4-2/h12-20H,3-11H2,1-2H3. The number of aryl methyl sites for hydroxylation is 2. The van der Waals surface area contributed by atoms with Gasteiger partial charge in [-0.1, -0.05) is 82.3 Å². The molecule has 0 saturated carbocycles. The first kappa shape index (κ1) is 22.1. The maximum absolute atomic E-state index is 14.7. The second kappa shape index (κ2) is 11.6. The molecule has 0 N–H and O–H groups in total. The van der Waals surface area contributed by atoms with E-state index in [1.807, 2.05) is 42.7 Å². The second-order valence-electron chi connectivity index (χ2n) is 8.07. The highest BCUT2D eigenvalue weighted by Gasteiger charge is 2.08. The van der Waals surface area contributed by atoms with E-state index in [9.17, 15) is 4.39 Å². The molecular weight excluding hydrogens is 371 g/mol. The van der Waals surface area contributed by atoms with Gasteiger partial charge in [0.15, 0.2) is 5.82 Å². The minimum atomic E-state index is -0.150. The van der Waals surface area contributed by atoms with Crippen molar-refractivity contribution in [3.8, 4) is 22.5 Å². The Kier molecular flexibility index (Phi) is 8.55. The number of benzene rings is 2. The van der Waals surface area contributed by atoms with E-state index in [-0.39, 0.29) is 5.82 Å². The molecule has 3 aromatic rings. The van der Waals surface area contributed by atoms with E-state index in [2.05, 4.69) is 29.9 Å². The zero-order chi connectivity index (χ0) is 21.2. The molecule has 1 heterocycles. The van der Waals surface area contributed by atoms with Crippen LogP contribution in [-0.2, 0) is 12.8 Å². The molecule has 30 heavy (non-hydrogen) atoms. The largest absolute Gasteiger partial charge is 0.236 e. The molecule has 0 fully saturated rings. The highest BCUT2D eigenvalue weighted by Crippen LogP contribution is 2.26. The third kappa shape index (κ3) is 6.22. The Bertz CT molecular complexity index is 901. The maximum atomic E-state index is 14.7. The summed E-state index contributed by atoms with van der Waals surface area (Å²) in [5.74, 6) is 0.562. The molecule has 0 amide bonds. The van der Waals surface area contributed by atoms with Gasteiger partial charge < -0.3 is 0 Å². The van der Waals surface area contributed by atoms with Crippen LogP contribution < -0.4 is 0 Å². The Labute approximate surface area is 180 Å². The smallest absolute Gasteiger partial charge is 0.159 e. The van der Waals surface area contributed by atoms with Gasteiger partial charge in [-0.3, -0.25) is 0 Å². The van der Waals surface area contributed by atoms with Gasteiger partial charge >= 0.3 is 0 Å². The summed E-state index contributed by atoms with van der Waals surface area (Å²) in [6, 6.07) is 13.5. The summed E-state index contributed by atoms with van der Waals surface area (Å²) in [6.45, 7) is 4.41. The second-order valence-corrected chi connectivity index (χ2v) is 8.07. The number of unbranched alkanes of at least 4 members (excludes halogenated alkanes) is 5. The fourth-order valence-corrected chi connectivity index (χ4v) is 3.72. The quantitative estimate of drug-likeness (QED) is 0.305. The number of aromatic nitrogens is 2. The van der Waals surface area contributed by atoms with E-state index in [0.717, 1.165) is 36.0 Å². The zero-order valence-electron chi connectivity index (χ0n) is 18.3. The predicted molar refractivity (Wildman–Crippen MR) is 124 cm³/mol. The van der Waals surface area contributed by atoms with E-state index in [1.54, 1.807) is 6.07 Å². The van der Waals surface area contributed by atoms with E-state index in [1.165, 1.54) is 44.1 Å². The van der Waals surface area contributed by atoms with Crippen molar-refractivity contribution in [1.29, 1.82) is 0 Å². The zero-order valence-corrected chi connectivity index (χ0v) is 18.3. The van der Waals surface area contributed by atoms with Gasteiger partial charge in [-0.25, -0.2) is 14.4 Å². The van der Waals surface area contributed by atoms with Crippen molar-refractivity contribution in [1.82, 2.24) is 9.97 Å². The van der Waals surface area contributed by atoms with Gasteiger partial charge in [0.25, 0.3) is 0 Å². The van der Waals surface area contributed by atoms with Gasteiger partial charge in [0.2, 0.25) is 0 Å². The number of nitrogens with zero attached hydrogens (tertiary/aromatic N) is 2. The van der Waals surface area contributed by atoms with E-state index >= 15 is 0 Å². The lowest BCUT2D eigenvalue weighted by atomic mass is 9.99. The monoisotopic (exact) mass is 404 g/mol. The fraction of sp³-hybridized carbons (Fsp3) is 0.407. The van der Waals surface area contributed by atoms with Crippen LogP contribution in [0.3, 0.4) is 0 Å². The molecule has 0 radical (unpaired) electrons. The SMILES string of the molecule is CCCCCCc1ccc(-c2ccc(-c3ncc(CCCCC)cn3)cc2)c(F)c1. The molecule has 0 unspecified atom stereocenters. The summed E-state index contributed by atoms with van der Waals surface area (Å²) in [6.07, 6.45) is 14.3. The van der Waals surface area contributed by atoms with Crippen molar-refractivity contribution < 1.29 is 4.39 Å². The third-order valence-electron chi connectivity index (χ3n) is 5.58. The molecule has 0 aliphatic carbocycles. The van der Waals surface area contributed by atoms with Gasteiger partial charge in [0, 0.05) is 23.5 Å². The molecule has 3 rings (SSSR count). The topological polar surface area (TPSA) is 25.8 Å². The molecule has 0 aliphatic rings. The Hall–Kier alpha value is -2.55. The third-order valence-corrected chi connectivity index (χ3v) is 5.58. The normalized spacial score (nSPS) is 11.0. The van der Waals surface area contributed by atoms with Crippen LogP contribution in [0.2, 0.25) is 0 Å². The average Bonchev–Trinajstić information content (AvgIpc) is 2.78. The molecule has 1 aromatic heterocycles. The van der Waals surface area contributed by atoms with Crippen molar-refractivity contribution in [2.75, 3.05) is 0 Å². The summed E-state index contributed by atoms with van der Waals surface area (Å²) >= 11 is 0. The molecule has 0 bridgehead atoms. The summed E-state index contributed by atoms with van der Waals surface area (Å²) in [5.41, 5.74) is 4.74. The van der Waals surface area contributed by atoms with Crippen LogP contribution in [0.25, 0.3) is 22.5 Å². The van der Waals surface area contributed by atoms with E-state index < -0.39 is 0 Å². The van der Waals surface area contributed by atoms with Crippen LogP contribution in [-0.4, -0.2) is 9.97 Å². The van der Waals surface area contributed by atoms with Crippen molar-refractivity contribution in [2.45, 2.75) is 71.6 Å².